The molecule has 0 amide bonds. The Morgan fingerprint density at radius 3 is 2.93 bits per heavy atom. The van der Waals surface area contributed by atoms with Crippen molar-refractivity contribution in [1.29, 1.82) is 0 Å². The van der Waals surface area contributed by atoms with E-state index in [4.69, 9.17) is 5.11 Å². The Hall–Kier alpha value is -2.24. The molecule has 0 aromatic carbocycles. The number of carboxylic acids is 1. The zero-order chi connectivity index (χ0) is 9.97. The van der Waals surface area contributed by atoms with Gasteiger partial charge < -0.3 is 5.11 Å². The molecule has 1 N–H and O–H groups in total. The quantitative estimate of drug-likeness (QED) is 0.739. The summed E-state index contributed by atoms with van der Waals surface area (Å²) in [5, 5.41) is 12.7. The lowest BCUT2D eigenvalue weighted by molar-refractivity contribution is 0.0696. The van der Waals surface area contributed by atoms with Gasteiger partial charge in [-0.2, -0.15) is 5.10 Å². The van der Waals surface area contributed by atoms with E-state index < -0.39 is 5.97 Å². The van der Waals surface area contributed by atoms with Gasteiger partial charge in [-0.1, -0.05) is 0 Å². The Morgan fingerprint density at radius 2 is 2.29 bits per heavy atom. The van der Waals surface area contributed by atoms with E-state index in [-0.39, 0.29) is 5.56 Å². The predicted octanol–water partition coefficient (Wildman–Crippen LogP) is 0.360. The molecule has 70 valence electrons. The van der Waals surface area contributed by atoms with E-state index in [0.29, 0.717) is 5.69 Å². The molecule has 0 bridgehead atoms. The van der Waals surface area contributed by atoms with Crippen LogP contribution in [0.2, 0.25) is 0 Å². The van der Waals surface area contributed by atoms with Crippen molar-refractivity contribution in [2.75, 3.05) is 0 Å². The molecule has 6 heteroatoms. The summed E-state index contributed by atoms with van der Waals surface area (Å²) in [4.78, 5) is 18.4. The van der Waals surface area contributed by atoms with Crippen molar-refractivity contribution in [3.8, 4) is 5.69 Å². The zero-order valence-corrected chi connectivity index (χ0v) is 7.03. The Kier molecular flexibility index (Phi) is 1.94. The largest absolute Gasteiger partial charge is 0.478 e. The third kappa shape index (κ3) is 1.33. The summed E-state index contributed by atoms with van der Waals surface area (Å²) in [6, 6.07) is 1.42. The molecule has 0 unspecified atom stereocenters. The highest BCUT2D eigenvalue weighted by molar-refractivity contribution is 5.91. The molecule has 0 atom stereocenters. The van der Waals surface area contributed by atoms with Gasteiger partial charge in [-0.25, -0.2) is 14.5 Å². The fraction of sp³-hybridized carbons (Fsp3) is 0. The Morgan fingerprint density at radius 1 is 1.43 bits per heavy atom. The highest BCUT2D eigenvalue weighted by Crippen LogP contribution is 2.10. The van der Waals surface area contributed by atoms with Crippen molar-refractivity contribution < 1.29 is 9.90 Å². The second kappa shape index (κ2) is 3.25. The number of aromatic nitrogens is 4. The number of pyridine rings is 1. The normalized spacial score (nSPS) is 10.0. The second-order valence-electron chi connectivity index (χ2n) is 2.54. The minimum atomic E-state index is -1.02. The number of hydrogen-bond donors (Lipinski definition) is 1. The van der Waals surface area contributed by atoms with Crippen molar-refractivity contribution in [2.24, 2.45) is 0 Å². The van der Waals surface area contributed by atoms with Crippen LogP contribution in [0.25, 0.3) is 5.69 Å². The molecule has 0 radical (unpaired) electrons. The van der Waals surface area contributed by atoms with Gasteiger partial charge in [0.25, 0.3) is 0 Å². The topological polar surface area (TPSA) is 80.9 Å². The summed E-state index contributed by atoms with van der Waals surface area (Å²) in [5.74, 6) is -1.02. The summed E-state index contributed by atoms with van der Waals surface area (Å²) in [5.41, 5.74) is 0.544. The van der Waals surface area contributed by atoms with Crippen molar-refractivity contribution >= 4 is 5.97 Å². The molecule has 0 spiro atoms. The second-order valence-corrected chi connectivity index (χ2v) is 2.54. The van der Waals surface area contributed by atoms with Crippen LogP contribution in [0, 0.1) is 0 Å². The minimum absolute atomic E-state index is 0.144. The van der Waals surface area contributed by atoms with Gasteiger partial charge in [0.1, 0.15) is 12.7 Å². The van der Waals surface area contributed by atoms with Crippen molar-refractivity contribution in [3.63, 3.8) is 0 Å². The van der Waals surface area contributed by atoms with Crippen LogP contribution < -0.4 is 0 Å². The number of carbonyl (C=O) groups is 1. The number of rotatable bonds is 2. The summed E-state index contributed by atoms with van der Waals surface area (Å²) >= 11 is 0. The van der Waals surface area contributed by atoms with Gasteiger partial charge in [-0.15, -0.1) is 0 Å². The standard InChI is InChI=1S/C8H6N4O2/c13-8(14)6-1-2-9-3-7(6)12-5-10-4-11-12/h1-5H,(H,13,14). The molecule has 0 aliphatic carbocycles. The summed E-state index contributed by atoms with van der Waals surface area (Å²) in [6.45, 7) is 0. The highest BCUT2D eigenvalue weighted by Gasteiger charge is 2.11. The van der Waals surface area contributed by atoms with Gasteiger partial charge in [0, 0.05) is 6.20 Å². The summed E-state index contributed by atoms with van der Waals surface area (Å²) in [7, 11) is 0. The first kappa shape index (κ1) is 8.36. The number of carboxylic acid groups (broad SMARTS) is 1. The average molecular weight is 190 g/mol. The van der Waals surface area contributed by atoms with Crippen LogP contribution in [0.3, 0.4) is 0 Å². The van der Waals surface area contributed by atoms with E-state index in [1.165, 1.54) is 35.8 Å². The van der Waals surface area contributed by atoms with Gasteiger partial charge >= 0.3 is 5.97 Å². The summed E-state index contributed by atoms with van der Waals surface area (Å²) < 4.78 is 1.36. The molecule has 14 heavy (non-hydrogen) atoms. The van der Waals surface area contributed by atoms with Crippen LogP contribution in [0.5, 0.6) is 0 Å². The zero-order valence-electron chi connectivity index (χ0n) is 7.03. The lowest BCUT2D eigenvalue weighted by Crippen LogP contribution is -2.06. The molecule has 0 saturated carbocycles. The lowest BCUT2D eigenvalue weighted by atomic mass is 10.2. The maximum atomic E-state index is 10.8. The molecule has 2 aromatic rings. The minimum Gasteiger partial charge on any atom is -0.478 e. The van der Waals surface area contributed by atoms with Gasteiger partial charge in [0.2, 0.25) is 0 Å². The van der Waals surface area contributed by atoms with Crippen molar-refractivity contribution in [2.45, 2.75) is 0 Å². The monoisotopic (exact) mass is 190 g/mol. The van der Waals surface area contributed by atoms with Gasteiger partial charge in [0.05, 0.1) is 17.4 Å². The van der Waals surface area contributed by atoms with Gasteiger partial charge in [0.15, 0.2) is 0 Å². The summed E-state index contributed by atoms with van der Waals surface area (Å²) in [6.07, 6.45) is 5.60. The molecule has 0 saturated heterocycles. The van der Waals surface area contributed by atoms with Crippen molar-refractivity contribution in [3.05, 3.63) is 36.7 Å². The number of nitrogens with zero attached hydrogens (tertiary/aromatic N) is 4. The van der Waals surface area contributed by atoms with E-state index in [1.807, 2.05) is 0 Å². The first-order chi connectivity index (χ1) is 6.79. The third-order valence-electron chi connectivity index (χ3n) is 1.70. The van der Waals surface area contributed by atoms with E-state index in [2.05, 4.69) is 15.1 Å². The Labute approximate surface area is 78.9 Å². The van der Waals surface area contributed by atoms with Crippen LogP contribution in [-0.4, -0.2) is 30.8 Å². The van der Waals surface area contributed by atoms with Crippen molar-refractivity contribution in [1.82, 2.24) is 19.7 Å². The Balaban J connectivity index is 2.58. The molecule has 2 aromatic heterocycles. The van der Waals surface area contributed by atoms with E-state index in [0.717, 1.165) is 0 Å². The van der Waals surface area contributed by atoms with Crippen LogP contribution in [0.15, 0.2) is 31.1 Å². The third-order valence-corrected chi connectivity index (χ3v) is 1.70. The number of aromatic carboxylic acids is 1. The molecule has 2 heterocycles. The molecule has 2 rings (SSSR count). The first-order valence-corrected chi connectivity index (χ1v) is 3.81. The van der Waals surface area contributed by atoms with E-state index in [9.17, 15) is 4.79 Å². The SMILES string of the molecule is O=C(O)c1ccncc1-n1cncn1. The maximum absolute atomic E-state index is 10.8. The fourth-order valence-electron chi connectivity index (χ4n) is 1.08. The molecule has 0 fully saturated rings. The lowest BCUT2D eigenvalue weighted by Gasteiger charge is -2.02. The van der Waals surface area contributed by atoms with E-state index >= 15 is 0 Å². The average Bonchev–Trinajstić information content (AvgIpc) is 2.70. The maximum Gasteiger partial charge on any atom is 0.338 e. The molecule has 0 aliphatic rings. The van der Waals surface area contributed by atoms with Crippen LogP contribution in [-0.2, 0) is 0 Å². The van der Waals surface area contributed by atoms with E-state index in [1.54, 1.807) is 0 Å². The van der Waals surface area contributed by atoms with Gasteiger partial charge in [-0.05, 0) is 6.07 Å². The number of hydrogen-bond acceptors (Lipinski definition) is 4. The smallest absolute Gasteiger partial charge is 0.338 e. The molecule has 0 aliphatic heterocycles. The Bertz CT molecular complexity index is 452. The van der Waals surface area contributed by atoms with Crippen LogP contribution >= 0.6 is 0 Å². The van der Waals surface area contributed by atoms with Crippen LogP contribution in [0.1, 0.15) is 10.4 Å². The van der Waals surface area contributed by atoms with Gasteiger partial charge in [-0.3, -0.25) is 4.98 Å². The predicted molar refractivity (Wildman–Crippen MR) is 46.1 cm³/mol. The first-order valence-electron chi connectivity index (χ1n) is 3.81. The molecular formula is C8H6N4O2. The fourth-order valence-corrected chi connectivity index (χ4v) is 1.08. The molecular weight excluding hydrogens is 184 g/mol. The van der Waals surface area contributed by atoms with Crippen LogP contribution in [0.4, 0.5) is 0 Å². The molecule has 6 nitrogen and oxygen atoms in total. The highest BCUT2D eigenvalue weighted by atomic mass is 16.4.